The Balaban J connectivity index is 1.63. The van der Waals surface area contributed by atoms with E-state index >= 15 is 0 Å². The molecule has 1 aliphatic rings. The minimum absolute atomic E-state index is 0.151. The molecule has 0 atom stereocenters. The predicted octanol–water partition coefficient (Wildman–Crippen LogP) is 0.00812. The maximum Gasteiger partial charge on any atom is 0.273 e. The van der Waals surface area contributed by atoms with Gasteiger partial charge < -0.3 is 20.0 Å². The molecule has 1 aliphatic heterocycles. The Morgan fingerprint density at radius 2 is 2.33 bits per heavy atom. The Morgan fingerprint density at radius 3 is 3.00 bits per heavy atom. The van der Waals surface area contributed by atoms with Gasteiger partial charge in [-0.1, -0.05) is 0 Å². The van der Waals surface area contributed by atoms with Gasteiger partial charge in [-0.2, -0.15) is 0 Å². The second-order valence-electron chi connectivity index (χ2n) is 4.46. The third kappa shape index (κ3) is 3.54. The fourth-order valence-corrected chi connectivity index (χ4v) is 2.05. The molecule has 0 aliphatic carbocycles. The first-order valence-electron chi connectivity index (χ1n) is 6.39. The Morgan fingerprint density at radius 1 is 1.56 bits per heavy atom. The highest BCUT2D eigenvalue weighted by Gasteiger charge is 2.13. The molecule has 0 aromatic carbocycles. The van der Waals surface area contributed by atoms with Gasteiger partial charge in [-0.3, -0.25) is 4.79 Å². The summed E-state index contributed by atoms with van der Waals surface area (Å²) in [7, 11) is 0. The molecule has 1 amide bonds. The zero-order chi connectivity index (χ0) is 12.8. The van der Waals surface area contributed by atoms with Crippen LogP contribution in [-0.4, -0.2) is 55.1 Å². The Hall–Kier alpha value is -1.40. The molecule has 0 unspecified atom stereocenters. The lowest BCUT2D eigenvalue weighted by Crippen LogP contribution is -2.44. The number of aromatic nitrogens is 1. The predicted molar refractivity (Wildman–Crippen MR) is 67.5 cm³/mol. The van der Waals surface area contributed by atoms with E-state index in [2.05, 4.69) is 20.5 Å². The van der Waals surface area contributed by atoms with E-state index in [1.165, 1.54) is 6.39 Å². The molecule has 100 valence electrons. The average molecular weight is 252 g/mol. The summed E-state index contributed by atoms with van der Waals surface area (Å²) in [6.45, 7) is 7.75. The number of hydrogen-bond donors (Lipinski definition) is 2. The van der Waals surface area contributed by atoms with E-state index in [0.717, 1.165) is 39.1 Å². The topological polar surface area (TPSA) is 70.4 Å². The first-order chi connectivity index (χ1) is 8.77. The van der Waals surface area contributed by atoms with Crippen molar-refractivity contribution in [3.8, 4) is 0 Å². The molecule has 1 aromatic rings. The Kier molecular flexibility index (Phi) is 4.72. The largest absolute Gasteiger partial charge is 0.448 e. The molecule has 1 saturated heterocycles. The van der Waals surface area contributed by atoms with Crippen LogP contribution in [-0.2, 0) is 0 Å². The van der Waals surface area contributed by atoms with Gasteiger partial charge in [0.1, 0.15) is 5.76 Å². The molecule has 6 nitrogen and oxygen atoms in total. The van der Waals surface area contributed by atoms with Crippen molar-refractivity contribution in [2.75, 3.05) is 39.3 Å². The number of amides is 1. The monoisotopic (exact) mass is 252 g/mol. The number of carbonyl (C=O) groups is 1. The van der Waals surface area contributed by atoms with Gasteiger partial charge in [0.2, 0.25) is 0 Å². The molecular formula is C12H20N4O2. The van der Waals surface area contributed by atoms with E-state index in [9.17, 15) is 4.79 Å². The maximum absolute atomic E-state index is 11.7. The molecule has 18 heavy (non-hydrogen) atoms. The van der Waals surface area contributed by atoms with Gasteiger partial charge in [0.05, 0.1) is 0 Å². The van der Waals surface area contributed by atoms with Crippen LogP contribution in [0.1, 0.15) is 22.7 Å². The summed E-state index contributed by atoms with van der Waals surface area (Å²) in [5, 5.41) is 6.18. The van der Waals surface area contributed by atoms with E-state index in [1.807, 2.05) is 0 Å². The highest BCUT2D eigenvalue weighted by atomic mass is 16.3. The van der Waals surface area contributed by atoms with Crippen LogP contribution in [0.5, 0.6) is 0 Å². The fourth-order valence-electron chi connectivity index (χ4n) is 2.05. The lowest BCUT2D eigenvalue weighted by atomic mass is 10.3. The SMILES string of the molecule is Cc1ocnc1C(=O)NCCCN1CCNCC1. The van der Waals surface area contributed by atoms with E-state index in [0.29, 0.717) is 18.0 Å². The van der Waals surface area contributed by atoms with Crippen LogP contribution in [0.3, 0.4) is 0 Å². The summed E-state index contributed by atoms with van der Waals surface area (Å²) in [6.07, 6.45) is 2.26. The van der Waals surface area contributed by atoms with Gasteiger partial charge in [-0.15, -0.1) is 0 Å². The molecule has 2 rings (SSSR count). The first kappa shape index (κ1) is 13.0. The fraction of sp³-hybridized carbons (Fsp3) is 0.667. The summed E-state index contributed by atoms with van der Waals surface area (Å²) < 4.78 is 5.00. The van der Waals surface area contributed by atoms with Crippen LogP contribution in [0.2, 0.25) is 0 Å². The van der Waals surface area contributed by atoms with Crippen LogP contribution in [0.25, 0.3) is 0 Å². The normalized spacial score (nSPS) is 16.7. The van der Waals surface area contributed by atoms with Gasteiger partial charge in [0.25, 0.3) is 5.91 Å². The van der Waals surface area contributed by atoms with Gasteiger partial charge in [0.15, 0.2) is 12.1 Å². The number of oxazole rings is 1. The van der Waals surface area contributed by atoms with Crippen LogP contribution in [0, 0.1) is 6.92 Å². The number of carbonyl (C=O) groups excluding carboxylic acids is 1. The standard InChI is InChI=1S/C12H20N4O2/c1-10-11(15-9-18-10)12(17)14-3-2-6-16-7-4-13-5-8-16/h9,13H,2-8H2,1H3,(H,14,17). The molecular weight excluding hydrogens is 232 g/mol. The number of rotatable bonds is 5. The highest BCUT2D eigenvalue weighted by Crippen LogP contribution is 2.03. The van der Waals surface area contributed by atoms with Crippen molar-refractivity contribution in [3.05, 3.63) is 17.8 Å². The molecule has 1 aromatic heterocycles. The van der Waals surface area contributed by atoms with Crippen LogP contribution >= 0.6 is 0 Å². The van der Waals surface area contributed by atoms with Gasteiger partial charge >= 0.3 is 0 Å². The molecule has 2 heterocycles. The van der Waals surface area contributed by atoms with Crippen molar-refractivity contribution in [3.63, 3.8) is 0 Å². The zero-order valence-corrected chi connectivity index (χ0v) is 10.7. The number of aryl methyl sites for hydroxylation is 1. The number of nitrogens with zero attached hydrogens (tertiary/aromatic N) is 2. The maximum atomic E-state index is 11.7. The minimum Gasteiger partial charge on any atom is -0.448 e. The minimum atomic E-state index is -0.151. The number of piperazine rings is 1. The zero-order valence-electron chi connectivity index (χ0n) is 10.7. The van der Waals surface area contributed by atoms with Crippen molar-refractivity contribution in [1.29, 1.82) is 0 Å². The lowest BCUT2D eigenvalue weighted by Gasteiger charge is -2.26. The third-order valence-corrected chi connectivity index (χ3v) is 3.11. The van der Waals surface area contributed by atoms with Crippen molar-refractivity contribution in [1.82, 2.24) is 20.5 Å². The lowest BCUT2D eigenvalue weighted by molar-refractivity contribution is 0.0945. The molecule has 0 radical (unpaired) electrons. The highest BCUT2D eigenvalue weighted by molar-refractivity contribution is 5.92. The van der Waals surface area contributed by atoms with Gasteiger partial charge in [-0.25, -0.2) is 4.98 Å². The summed E-state index contributed by atoms with van der Waals surface area (Å²) in [6, 6.07) is 0. The third-order valence-electron chi connectivity index (χ3n) is 3.11. The second kappa shape index (κ2) is 6.51. The van der Waals surface area contributed by atoms with E-state index in [-0.39, 0.29) is 5.91 Å². The summed E-state index contributed by atoms with van der Waals surface area (Å²) >= 11 is 0. The quantitative estimate of drug-likeness (QED) is 0.722. The summed E-state index contributed by atoms with van der Waals surface area (Å²) in [5.41, 5.74) is 0.386. The number of hydrogen-bond acceptors (Lipinski definition) is 5. The molecule has 1 fully saturated rings. The van der Waals surface area contributed by atoms with Crippen molar-refractivity contribution in [2.45, 2.75) is 13.3 Å². The molecule has 2 N–H and O–H groups in total. The van der Waals surface area contributed by atoms with E-state index in [4.69, 9.17) is 4.42 Å². The summed E-state index contributed by atoms with van der Waals surface area (Å²) in [5.74, 6) is 0.413. The molecule has 0 bridgehead atoms. The molecule has 0 spiro atoms. The van der Waals surface area contributed by atoms with Crippen LogP contribution in [0.15, 0.2) is 10.8 Å². The van der Waals surface area contributed by atoms with Crippen molar-refractivity contribution in [2.24, 2.45) is 0 Å². The van der Waals surface area contributed by atoms with Crippen LogP contribution < -0.4 is 10.6 Å². The van der Waals surface area contributed by atoms with Crippen LogP contribution in [0.4, 0.5) is 0 Å². The average Bonchev–Trinajstić information content (AvgIpc) is 2.82. The molecule has 0 saturated carbocycles. The van der Waals surface area contributed by atoms with Gasteiger partial charge in [0, 0.05) is 32.7 Å². The summed E-state index contributed by atoms with van der Waals surface area (Å²) in [4.78, 5) is 18.0. The number of nitrogens with one attached hydrogen (secondary N) is 2. The first-order valence-corrected chi connectivity index (χ1v) is 6.39. The molecule has 6 heteroatoms. The van der Waals surface area contributed by atoms with Crippen molar-refractivity contribution >= 4 is 5.91 Å². The van der Waals surface area contributed by atoms with E-state index < -0.39 is 0 Å². The van der Waals surface area contributed by atoms with Crippen molar-refractivity contribution < 1.29 is 9.21 Å². The second-order valence-corrected chi connectivity index (χ2v) is 4.46. The van der Waals surface area contributed by atoms with Gasteiger partial charge in [-0.05, 0) is 19.9 Å². The smallest absolute Gasteiger partial charge is 0.273 e. The van der Waals surface area contributed by atoms with E-state index in [1.54, 1.807) is 6.92 Å². The Bertz CT molecular complexity index is 385. The Labute approximate surface area is 107 Å².